The van der Waals surface area contributed by atoms with Crippen molar-refractivity contribution >= 4 is 17.8 Å². The summed E-state index contributed by atoms with van der Waals surface area (Å²) in [4.78, 5) is 34.9. The molecule has 286 valence electrons. The predicted octanol–water partition coefficient (Wildman–Crippen LogP) is 12.7. The zero-order valence-electron chi connectivity index (χ0n) is 32.3. The van der Waals surface area contributed by atoms with Crippen molar-refractivity contribution in [3.05, 3.63) is 24.3 Å². The van der Waals surface area contributed by atoms with Crippen LogP contribution in [-0.4, -0.2) is 35.6 Å². The summed E-state index contributed by atoms with van der Waals surface area (Å²) in [5.74, 6) is -1.28. The van der Waals surface area contributed by atoms with Crippen LogP contribution in [0, 0.1) is 0 Å². The first-order chi connectivity index (χ1) is 24.0. The minimum Gasteiger partial charge on any atom is -0.480 e. The molecule has 0 aromatic heterocycles. The van der Waals surface area contributed by atoms with E-state index in [1.165, 1.54) is 122 Å². The SMILES string of the molecule is CCCCCC/C=C\C/C=C\C(CCCCCCCCC(=O)NCC(=O)O)OC(=O)CCCCCCCCCCCCCCCCCCC. The molecule has 0 rings (SSSR count). The first-order valence-corrected chi connectivity index (χ1v) is 21.0. The molecule has 0 saturated carbocycles. The largest absolute Gasteiger partial charge is 0.480 e. The molecule has 0 aliphatic carbocycles. The van der Waals surface area contributed by atoms with E-state index < -0.39 is 5.97 Å². The Balaban J connectivity index is 4.11. The highest BCUT2D eigenvalue weighted by Gasteiger charge is 2.11. The van der Waals surface area contributed by atoms with Crippen LogP contribution < -0.4 is 5.32 Å². The van der Waals surface area contributed by atoms with Gasteiger partial charge in [-0.2, -0.15) is 0 Å². The third-order valence-electron chi connectivity index (χ3n) is 9.36. The first-order valence-electron chi connectivity index (χ1n) is 21.0. The predicted molar refractivity (Wildman–Crippen MR) is 208 cm³/mol. The van der Waals surface area contributed by atoms with Gasteiger partial charge in [0.15, 0.2) is 0 Å². The number of carbonyl (C=O) groups is 3. The Kier molecular flexibility index (Phi) is 37.0. The number of allylic oxidation sites excluding steroid dienone is 3. The molecule has 1 atom stereocenters. The second-order valence-electron chi connectivity index (χ2n) is 14.3. The molecule has 0 bridgehead atoms. The molecular formula is C43H79NO5. The summed E-state index contributed by atoms with van der Waals surface area (Å²) in [7, 11) is 0. The summed E-state index contributed by atoms with van der Waals surface area (Å²) in [6, 6.07) is 0. The maximum atomic E-state index is 12.7. The fourth-order valence-corrected chi connectivity index (χ4v) is 6.23. The summed E-state index contributed by atoms with van der Waals surface area (Å²) in [6.45, 7) is 4.21. The van der Waals surface area contributed by atoms with Gasteiger partial charge < -0.3 is 15.2 Å². The van der Waals surface area contributed by atoms with Gasteiger partial charge in [0.1, 0.15) is 12.6 Å². The highest BCUT2D eigenvalue weighted by Crippen LogP contribution is 2.16. The number of hydrogen-bond donors (Lipinski definition) is 2. The summed E-state index contributed by atoms with van der Waals surface area (Å²) in [5, 5.41) is 11.0. The Morgan fingerprint density at radius 3 is 1.51 bits per heavy atom. The summed E-state index contributed by atoms with van der Waals surface area (Å²) >= 11 is 0. The van der Waals surface area contributed by atoms with E-state index >= 15 is 0 Å². The Bertz CT molecular complexity index is 808. The second kappa shape index (κ2) is 38.7. The maximum absolute atomic E-state index is 12.7. The van der Waals surface area contributed by atoms with Gasteiger partial charge in [-0.15, -0.1) is 0 Å². The lowest BCUT2D eigenvalue weighted by Crippen LogP contribution is -2.28. The van der Waals surface area contributed by atoms with Gasteiger partial charge >= 0.3 is 11.9 Å². The van der Waals surface area contributed by atoms with E-state index in [9.17, 15) is 14.4 Å². The van der Waals surface area contributed by atoms with E-state index in [-0.39, 0.29) is 24.5 Å². The number of carbonyl (C=O) groups excluding carboxylic acids is 2. The number of unbranched alkanes of at least 4 members (excludes halogenated alkanes) is 25. The minimum absolute atomic E-state index is 0.0664. The summed E-state index contributed by atoms with van der Waals surface area (Å²) < 4.78 is 5.93. The molecule has 0 radical (unpaired) electrons. The van der Waals surface area contributed by atoms with Gasteiger partial charge in [0, 0.05) is 12.8 Å². The van der Waals surface area contributed by atoms with Gasteiger partial charge in [-0.25, -0.2) is 0 Å². The smallest absolute Gasteiger partial charge is 0.322 e. The van der Waals surface area contributed by atoms with Crippen LogP contribution >= 0.6 is 0 Å². The average Bonchev–Trinajstić information content (AvgIpc) is 3.08. The maximum Gasteiger partial charge on any atom is 0.322 e. The molecule has 0 heterocycles. The highest BCUT2D eigenvalue weighted by molar-refractivity contribution is 5.80. The van der Waals surface area contributed by atoms with Crippen molar-refractivity contribution in [3.63, 3.8) is 0 Å². The summed E-state index contributed by atoms with van der Waals surface area (Å²) in [6.07, 6.45) is 46.1. The van der Waals surface area contributed by atoms with Crippen molar-refractivity contribution in [1.29, 1.82) is 0 Å². The molecule has 1 unspecified atom stereocenters. The van der Waals surface area contributed by atoms with Crippen molar-refractivity contribution in [2.75, 3.05) is 6.54 Å². The lowest BCUT2D eigenvalue weighted by atomic mass is 10.0. The van der Waals surface area contributed by atoms with Crippen molar-refractivity contribution in [2.24, 2.45) is 0 Å². The van der Waals surface area contributed by atoms with E-state index in [0.29, 0.717) is 12.8 Å². The van der Waals surface area contributed by atoms with Crippen LogP contribution in [0.15, 0.2) is 24.3 Å². The third-order valence-corrected chi connectivity index (χ3v) is 9.36. The molecule has 2 N–H and O–H groups in total. The van der Waals surface area contributed by atoms with E-state index in [1.807, 2.05) is 0 Å². The van der Waals surface area contributed by atoms with Crippen molar-refractivity contribution in [3.8, 4) is 0 Å². The molecule has 6 nitrogen and oxygen atoms in total. The van der Waals surface area contributed by atoms with Gasteiger partial charge in [0.25, 0.3) is 0 Å². The van der Waals surface area contributed by atoms with Crippen LogP contribution in [0.2, 0.25) is 0 Å². The van der Waals surface area contributed by atoms with Crippen molar-refractivity contribution in [1.82, 2.24) is 5.32 Å². The van der Waals surface area contributed by atoms with Gasteiger partial charge in [0.05, 0.1) is 0 Å². The monoisotopic (exact) mass is 690 g/mol. The number of ether oxygens (including phenoxy) is 1. The number of esters is 1. The summed E-state index contributed by atoms with van der Waals surface area (Å²) in [5.41, 5.74) is 0. The van der Waals surface area contributed by atoms with Crippen molar-refractivity contribution in [2.45, 2.75) is 225 Å². The Hall–Kier alpha value is -2.11. The number of amides is 1. The quantitative estimate of drug-likeness (QED) is 0.0382. The second-order valence-corrected chi connectivity index (χ2v) is 14.3. The fraction of sp³-hybridized carbons (Fsp3) is 0.837. The van der Waals surface area contributed by atoms with Gasteiger partial charge in [-0.3, -0.25) is 14.4 Å². The van der Waals surface area contributed by atoms with Gasteiger partial charge in [-0.1, -0.05) is 180 Å². The number of carboxylic acids is 1. The number of nitrogens with one attached hydrogen (secondary N) is 1. The molecule has 0 spiro atoms. The normalized spacial score (nSPS) is 12.2. The number of hydrogen-bond acceptors (Lipinski definition) is 4. The molecule has 0 aliphatic heterocycles. The average molecular weight is 690 g/mol. The number of rotatable bonds is 38. The Morgan fingerprint density at radius 1 is 0.551 bits per heavy atom. The van der Waals surface area contributed by atoms with Crippen LogP contribution in [0.4, 0.5) is 0 Å². The van der Waals surface area contributed by atoms with Crippen LogP contribution in [-0.2, 0) is 19.1 Å². The van der Waals surface area contributed by atoms with E-state index in [1.54, 1.807) is 0 Å². The molecular weight excluding hydrogens is 610 g/mol. The standard InChI is InChI=1S/C43H79NO5/c1-3-5-7-9-11-13-14-15-16-17-18-19-20-22-24-30-34-38-43(48)49-40(35-31-27-23-21-12-10-8-6-4-2)36-32-28-25-26-29-33-37-41(45)44-39-42(46)47/h21,23,31,35,40H,3-20,22,24-30,32-34,36-39H2,1-2H3,(H,44,45)(H,46,47)/b23-21-,35-31-. The molecule has 1 amide bonds. The molecule has 0 aromatic rings. The van der Waals surface area contributed by atoms with Gasteiger partial charge in [0.2, 0.25) is 5.91 Å². The van der Waals surface area contributed by atoms with E-state index in [0.717, 1.165) is 70.6 Å². The lowest BCUT2D eigenvalue weighted by molar-refractivity contribution is -0.147. The molecule has 0 aromatic carbocycles. The number of carboxylic acid groups (broad SMARTS) is 1. The van der Waals surface area contributed by atoms with Crippen LogP contribution in [0.1, 0.15) is 219 Å². The zero-order chi connectivity index (χ0) is 35.9. The first kappa shape index (κ1) is 46.9. The topological polar surface area (TPSA) is 92.7 Å². The van der Waals surface area contributed by atoms with E-state index in [2.05, 4.69) is 43.5 Å². The Labute approximate surface area is 303 Å². The number of aliphatic carboxylic acids is 1. The molecule has 0 fully saturated rings. The molecule has 0 aliphatic rings. The molecule has 0 saturated heterocycles. The van der Waals surface area contributed by atoms with E-state index in [4.69, 9.17) is 9.84 Å². The fourth-order valence-electron chi connectivity index (χ4n) is 6.23. The molecule has 6 heteroatoms. The zero-order valence-corrected chi connectivity index (χ0v) is 32.3. The van der Waals surface area contributed by atoms with Crippen LogP contribution in [0.25, 0.3) is 0 Å². The lowest BCUT2D eigenvalue weighted by Gasteiger charge is -2.14. The van der Waals surface area contributed by atoms with Crippen molar-refractivity contribution < 1.29 is 24.2 Å². The highest BCUT2D eigenvalue weighted by atomic mass is 16.5. The third kappa shape index (κ3) is 38.5. The van der Waals surface area contributed by atoms with Gasteiger partial charge in [-0.05, 0) is 51.0 Å². The van der Waals surface area contributed by atoms with Crippen LogP contribution in [0.5, 0.6) is 0 Å². The van der Waals surface area contributed by atoms with Crippen LogP contribution in [0.3, 0.4) is 0 Å². The molecule has 49 heavy (non-hydrogen) atoms. The minimum atomic E-state index is -1.02. The Morgan fingerprint density at radius 2 is 1.00 bits per heavy atom.